The molecular weight excluding hydrogens is 785 g/mol. The molecule has 0 aromatic heterocycles. The van der Waals surface area contributed by atoms with E-state index in [0.29, 0.717) is 38.8 Å². The molecule has 0 atom stereocenters. The predicted molar refractivity (Wildman–Crippen MR) is 221 cm³/mol. The fourth-order valence-corrected chi connectivity index (χ4v) is 9.00. The van der Waals surface area contributed by atoms with Crippen molar-refractivity contribution in [2.45, 2.75) is 99.7 Å². The standard InChI is InChI=1S/C42H48N4O10S2/c1-41(2)32-25-30(57-56-55-51)16-18-34(32)45-20-9-5-7-14-38(47)43-28-22-27(40(49)50)23-29(24-28)44-39(48)15-8-6-10-21-46-35-19-17-31(58(52,53)54)26-33(35)42(3,4)37(46)13-11-12-36(41)45/h11-13,16-19,22-26H,5-10,14-15,20-21H2,1-4H3,(H4-,43,44,47,48,49,50,51,52,53,54)/p+1. The first-order valence-corrected chi connectivity index (χ1v) is 21.4. The average Bonchev–Trinajstić information content (AvgIpc) is 3.50. The number of amides is 2. The minimum Gasteiger partial charge on any atom is -0.478 e. The highest BCUT2D eigenvalue weighted by atomic mass is 32.2. The molecule has 3 aromatic rings. The number of fused-ring (bicyclic) bond motifs is 7. The molecule has 0 saturated carbocycles. The van der Waals surface area contributed by atoms with Gasteiger partial charge in [-0.1, -0.05) is 31.4 Å². The highest BCUT2D eigenvalue weighted by Crippen LogP contribution is 2.49. The monoisotopic (exact) mass is 833 g/mol. The first-order chi connectivity index (χ1) is 27.5. The van der Waals surface area contributed by atoms with Gasteiger partial charge in [-0.25, -0.2) is 10.1 Å². The summed E-state index contributed by atoms with van der Waals surface area (Å²) < 4.78 is 41.3. The molecule has 308 valence electrons. The van der Waals surface area contributed by atoms with E-state index in [0.717, 1.165) is 63.7 Å². The van der Waals surface area contributed by atoms with E-state index in [1.807, 2.05) is 38.1 Å². The van der Waals surface area contributed by atoms with E-state index >= 15 is 0 Å². The molecule has 2 amide bonds. The lowest BCUT2D eigenvalue weighted by atomic mass is 9.81. The molecule has 0 saturated heterocycles. The van der Waals surface area contributed by atoms with Crippen molar-refractivity contribution in [1.82, 2.24) is 0 Å². The second-order valence-electron chi connectivity index (χ2n) is 15.7. The van der Waals surface area contributed by atoms with E-state index in [2.05, 4.69) is 51.1 Å². The number of hydrogen-bond acceptors (Lipinski definition) is 10. The van der Waals surface area contributed by atoms with Crippen LogP contribution in [0.2, 0.25) is 0 Å². The van der Waals surface area contributed by atoms with Gasteiger partial charge >= 0.3 is 5.97 Å². The number of nitrogens with one attached hydrogen (secondary N) is 2. The Hall–Kier alpha value is -4.84. The topological polar surface area (TPSA) is 195 Å². The molecule has 0 spiro atoms. The summed E-state index contributed by atoms with van der Waals surface area (Å²) in [4.78, 5) is 40.6. The van der Waals surface area contributed by atoms with Crippen molar-refractivity contribution in [3.8, 4) is 0 Å². The highest BCUT2D eigenvalue weighted by molar-refractivity contribution is 7.94. The van der Waals surface area contributed by atoms with Crippen LogP contribution in [0.3, 0.4) is 0 Å². The molecule has 3 heterocycles. The fourth-order valence-electron chi connectivity index (χ4n) is 8.10. The molecular formula is C42H49N4O10S2+. The Bertz CT molecular complexity index is 2320. The molecule has 0 radical (unpaired) electrons. The molecule has 3 aromatic carbocycles. The van der Waals surface area contributed by atoms with Crippen molar-refractivity contribution >= 4 is 68.4 Å². The van der Waals surface area contributed by atoms with Crippen LogP contribution in [0, 0.1) is 0 Å². The van der Waals surface area contributed by atoms with Crippen molar-refractivity contribution in [1.29, 1.82) is 0 Å². The van der Waals surface area contributed by atoms with E-state index < -0.39 is 26.9 Å². The number of allylic oxidation sites excluding steroid dienone is 4. The molecule has 0 fully saturated rings. The number of rotatable bonds is 5. The number of benzene rings is 3. The number of anilines is 3. The number of carbonyl (C=O) groups excluding carboxylic acids is 2. The van der Waals surface area contributed by atoms with E-state index in [-0.39, 0.29) is 46.5 Å². The van der Waals surface area contributed by atoms with Crippen molar-refractivity contribution in [3.05, 3.63) is 95.2 Å². The van der Waals surface area contributed by atoms with Gasteiger partial charge in [0, 0.05) is 76.6 Å². The van der Waals surface area contributed by atoms with Crippen LogP contribution in [0.15, 0.2) is 88.3 Å². The van der Waals surface area contributed by atoms with Crippen LogP contribution in [0.25, 0.3) is 0 Å². The Labute approximate surface area is 342 Å². The van der Waals surface area contributed by atoms with Crippen molar-refractivity contribution in [2.24, 2.45) is 0 Å². The molecule has 14 nitrogen and oxygen atoms in total. The van der Waals surface area contributed by atoms with Gasteiger partial charge < -0.3 is 20.6 Å². The van der Waals surface area contributed by atoms with Crippen LogP contribution in [-0.4, -0.2) is 64.5 Å². The normalized spacial score (nSPS) is 20.3. The largest absolute Gasteiger partial charge is 0.478 e. The Morgan fingerprint density at radius 2 is 1.52 bits per heavy atom. The predicted octanol–water partition coefficient (Wildman–Crippen LogP) is 8.39. The molecule has 0 aliphatic carbocycles. The summed E-state index contributed by atoms with van der Waals surface area (Å²) in [6.45, 7) is 9.55. The maximum absolute atomic E-state index is 13.0. The average molecular weight is 834 g/mol. The minimum absolute atomic E-state index is 0.0641. The van der Waals surface area contributed by atoms with Gasteiger partial charge in [0.15, 0.2) is 5.71 Å². The molecule has 3 aliphatic heterocycles. The number of nitrogens with zero attached hydrogens (tertiary/aromatic N) is 2. The third-order valence-corrected chi connectivity index (χ3v) is 12.4. The summed E-state index contributed by atoms with van der Waals surface area (Å²) in [5.41, 5.74) is 5.03. The third-order valence-electron chi connectivity index (χ3n) is 11.0. The van der Waals surface area contributed by atoms with E-state index in [1.165, 1.54) is 24.3 Å². The minimum atomic E-state index is -4.44. The Kier molecular flexibility index (Phi) is 12.9. The zero-order valence-corrected chi connectivity index (χ0v) is 34.5. The summed E-state index contributed by atoms with van der Waals surface area (Å²) in [5, 5.41) is 27.9. The Morgan fingerprint density at radius 3 is 2.16 bits per heavy atom. The van der Waals surface area contributed by atoms with Gasteiger partial charge in [-0.2, -0.15) is 13.0 Å². The summed E-state index contributed by atoms with van der Waals surface area (Å²) >= 11 is 0.891. The molecule has 2 bridgehead atoms. The Morgan fingerprint density at radius 1 is 0.845 bits per heavy atom. The van der Waals surface area contributed by atoms with Gasteiger partial charge in [-0.05, 0) is 99.7 Å². The van der Waals surface area contributed by atoms with Crippen LogP contribution >= 0.6 is 12.0 Å². The van der Waals surface area contributed by atoms with Gasteiger partial charge in [0.1, 0.15) is 6.54 Å². The van der Waals surface area contributed by atoms with Crippen LogP contribution in [0.4, 0.5) is 22.7 Å². The summed E-state index contributed by atoms with van der Waals surface area (Å²) in [6.07, 6.45) is 10.6. The zero-order chi connectivity index (χ0) is 41.8. The molecule has 16 heteroatoms. The second-order valence-corrected chi connectivity index (χ2v) is 17.9. The number of aromatic carboxylic acids is 1. The molecule has 0 unspecified atom stereocenters. The van der Waals surface area contributed by atoms with Gasteiger partial charge in [0.05, 0.1) is 27.9 Å². The van der Waals surface area contributed by atoms with Crippen molar-refractivity contribution in [3.63, 3.8) is 0 Å². The van der Waals surface area contributed by atoms with Crippen LogP contribution < -0.4 is 15.5 Å². The fraction of sp³-hybridized carbons (Fsp3) is 0.381. The van der Waals surface area contributed by atoms with Crippen molar-refractivity contribution < 1.29 is 51.7 Å². The molecule has 5 N–H and O–H groups in total. The highest BCUT2D eigenvalue weighted by Gasteiger charge is 2.45. The summed E-state index contributed by atoms with van der Waals surface area (Å²) in [6, 6.07) is 14.9. The van der Waals surface area contributed by atoms with Crippen LogP contribution in [0.1, 0.15) is 101 Å². The summed E-state index contributed by atoms with van der Waals surface area (Å²) in [7, 11) is -4.44. The van der Waals surface area contributed by atoms with Gasteiger partial charge in [-0.15, -0.1) is 4.33 Å². The quantitative estimate of drug-likeness (QED) is 0.0543. The maximum atomic E-state index is 13.0. The smallest absolute Gasteiger partial charge is 0.335 e. The molecule has 3 aliphatic rings. The van der Waals surface area contributed by atoms with Gasteiger partial charge in [-0.3, -0.25) is 14.1 Å². The number of carboxylic acid groups (broad SMARTS) is 1. The number of hydrogen-bond donors (Lipinski definition) is 5. The maximum Gasteiger partial charge on any atom is 0.335 e. The SMILES string of the molecule is CC1(C)C2=[N+](CCCCCC(=O)Nc3cc(cc(C(=O)O)c3)NC(=O)CCCCCN3/C(=C/C=C/2)C(C)(C)c2cc(S(=O)(=O)O)ccc23)c2ccc(SOOO)cc21. The second kappa shape index (κ2) is 17.6. The number of carboxylic acids is 1. The van der Waals surface area contributed by atoms with Crippen LogP contribution in [0.5, 0.6) is 0 Å². The lowest BCUT2D eigenvalue weighted by Crippen LogP contribution is -2.28. The van der Waals surface area contributed by atoms with Crippen molar-refractivity contribution in [2.75, 3.05) is 28.6 Å². The lowest BCUT2D eigenvalue weighted by Gasteiger charge is -2.27. The zero-order valence-electron chi connectivity index (χ0n) is 32.9. The van der Waals surface area contributed by atoms with Gasteiger partial charge in [0.25, 0.3) is 10.1 Å². The van der Waals surface area contributed by atoms with Gasteiger partial charge in [0.2, 0.25) is 17.5 Å². The van der Waals surface area contributed by atoms with E-state index in [1.54, 1.807) is 12.1 Å². The first-order valence-electron chi connectivity index (χ1n) is 19.2. The summed E-state index contributed by atoms with van der Waals surface area (Å²) in [5.74, 6) is -1.73. The molecule has 58 heavy (non-hydrogen) atoms. The number of carbonyl (C=O) groups is 3. The molecule has 6 rings (SSSR count). The lowest BCUT2D eigenvalue weighted by molar-refractivity contribution is -0.438. The third kappa shape index (κ3) is 9.38. The van der Waals surface area contributed by atoms with Crippen LogP contribution in [-0.2, 0) is 39.9 Å². The first kappa shape index (κ1) is 42.8. The Balaban J connectivity index is 1.37. The van der Waals surface area contributed by atoms with E-state index in [9.17, 15) is 32.5 Å². The van der Waals surface area contributed by atoms with E-state index in [4.69, 9.17) is 9.59 Å².